The van der Waals surface area contributed by atoms with E-state index in [2.05, 4.69) is 16.0 Å². The first-order valence-corrected chi connectivity index (χ1v) is 14.7. The quantitative estimate of drug-likeness (QED) is 0.0688. The topological polar surface area (TPSA) is 298 Å². The molecule has 20 heteroatoms. The number of carbonyl (C=O) groups is 5. The largest absolute Gasteiger partial charge is 0.477 e. The molecule has 0 radical (unpaired) electrons. The minimum atomic E-state index is -2.86. The van der Waals surface area contributed by atoms with E-state index >= 15 is 0 Å². The van der Waals surface area contributed by atoms with Gasteiger partial charge < -0.3 is 75.0 Å². The highest BCUT2D eigenvalue weighted by atomic mass is 16.8. The molecule has 3 fully saturated rings. The number of esters is 1. The molecule has 0 unspecified atom stereocenters. The van der Waals surface area contributed by atoms with E-state index in [1.165, 1.54) is 13.8 Å². The minimum absolute atomic E-state index is 0.195. The Labute approximate surface area is 268 Å². The maximum atomic E-state index is 13.0. The van der Waals surface area contributed by atoms with Crippen LogP contribution in [0.5, 0.6) is 0 Å². The second kappa shape index (κ2) is 15.9. The lowest BCUT2D eigenvalue weighted by molar-refractivity contribution is -0.358. The molecule has 3 saturated heterocycles. The van der Waals surface area contributed by atoms with Gasteiger partial charge in [0.25, 0.3) is 5.79 Å². The van der Waals surface area contributed by atoms with E-state index in [1.54, 1.807) is 0 Å². The van der Waals surface area contributed by atoms with Crippen molar-refractivity contribution >= 4 is 30.2 Å². The zero-order chi connectivity index (χ0) is 35.4. The Balaban J connectivity index is 2.11. The summed E-state index contributed by atoms with van der Waals surface area (Å²) < 4.78 is 34.2. The van der Waals surface area contributed by atoms with Gasteiger partial charge in [-0.2, -0.15) is 0 Å². The Morgan fingerprint density at radius 2 is 1.60 bits per heavy atom. The van der Waals surface area contributed by atoms with E-state index in [9.17, 15) is 54.6 Å². The molecule has 9 N–H and O–H groups in total. The third-order valence-electron chi connectivity index (χ3n) is 7.95. The number of hydrogen-bond acceptors (Lipinski definition) is 16. The molecule has 20 nitrogen and oxygen atoms in total. The van der Waals surface area contributed by atoms with Crippen LogP contribution in [-0.4, -0.2) is 159 Å². The van der Waals surface area contributed by atoms with Gasteiger partial charge in [-0.05, 0) is 13.8 Å². The molecular weight excluding hydrogens is 638 g/mol. The van der Waals surface area contributed by atoms with Crippen LogP contribution in [0.4, 0.5) is 0 Å². The number of ether oxygens (including phenoxy) is 6. The summed E-state index contributed by atoms with van der Waals surface area (Å²) in [5.41, 5.74) is 0. The van der Waals surface area contributed by atoms with Crippen molar-refractivity contribution in [2.24, 2.45) is 0 Å². The Bertz CT molecular complexity index is 1140. The molecule has 3 heterocycles. The second-order valence-electron chi connectivity index (χ2n) is 11.7. The summed E-state index contributed by atoms with van der Waals surface area (Å²) in [6, 6.07) is -4.32. The van der Waals surface area contributed by atoms with Gasteiger partial charge in [0.1, 0.15) is 36.6 Å². The van der Waals surface area contributed by atoms with Crippen molar-refractivity contribution in [2.75, 3.05) is 6.61 Å². The smallest absolute Gasteiger partial charge is 0.364 e. The maximum absolute atomic E-state index is 13.0. The average molecular weight is 682 g/mol. The summed E-state index contributed by atoms with van der Waals surface area (Å²) in [5, 5.41) is 69.7. The highest BCUT2D eigenvalue weighted by Crippen LogP contribution is 2.38. The predicted octanol–water partition coefficient (Wildman–Crippen LogP) is -5.06. The van der Waals surface area contributed by atoms with Crippen molar-refractivity contribution in [1.29, 1.82) is 0 Å². The van der Waals surface area contributed by atoms with E-state index in [0.29, 0.717) is 0 Å². The van der Waals surface area contributed by atoms with Crippen LogP contribution in [0, 0.1) is 0 Å². The minimum Gasteiger partial charge on any atom is -0.477 e. The number of carboxylic acids is 1. The Morgan fingerprint density at radius 3 is 2.13 bits per heavy atom. The molecular formula is C27H43N3O17. The molecule has 3 rings (SSSR count). The summed E-state index contributed by atoms with van der Waals surface area (Å²) in [5.74, 6) is -6.94. The molecule has 3 aliphatic rings. The van der Waals surface area contributed by atoms with E-state index in [0.717, 1.165) is 20.8 Å². The van der Waals surface area contributed by atoms with Crippen molar-refractivity contribution in [3.8, 4) is 0 Å². The van der Waals surface area contributed by atoms with Crippen molar-refractivity contribution in [1.82, 2.24) is 16.0 Å². The number of amides is 3. The monoisotopic (exact) mass is 681 g/mol. The molecule has 3 amide bonds. The maximum Gasteiger partial charge on any atom is 0.364 e. The lowest BCUT2D eigenvalue weighted by Gasteiger charge is -2.51. The molecule has 0 aliphatic carbocycles. The third-order valence-corrected chi connectivity index (χ3v) is 7.95. The molecule has 0 bridgehead atoms. The van der Waals surface area contributed by atoms with Crippen LogP contribution >= 0.6 is 0 Å². The zero-order valence-corrected chi connectivity index (χ0v) is 26.2. The van der Waals surface area contributed by atoms with Crippen molar-refractivity contribution in [3.05, 3.63) is 0 Å². The summed E-state index contributed by atoms with van der Waals surface area (Å²) in [7, 11) is 0. The summed E-state index contributed by atoms with van der Waals surface area (Å²) in [6.45, 7) is 5.43. The summed E-state index contributed by atoms with van der Waals surface area (Å²) >= 11 is 0. The molecule has 268 valence electrons. The number of rotatable bonds is 12. The van der Waals surface area contributed by atoms with Gasteiger partial charge >= 0.3 is 11.9 Å². The fourth-order valence-electron chi connectivity index (χ4n) is 5.81. The first-order valence-electron chi connectivity index (χ1n) is 14.7. The molecule has 3 aliphatic heterocycles. The van der Waals surface area contributed by atoms with E-state index in [-0.39, 0.29) is 6.41 Å². The predicted molar refractivity (Wildman–Crippen MR) is 149 cm³/mol. The molecule has 0 spiro atoms. The SMILES string of the molecule is CC(=O)N[C@@H]1[C@H]([C@@H](NC=O)[C@H](C)O)O[C@](O[C@@H]2[C@@H](NC(C)=O)[C@H](O[C@@H]3CO[C@@H](O)[C@H](O)[C@H]3O)O[C@H](C)[C@@H]2OC(C)=O)(C(=O)O)C[C@@H]1O. The first-order chi connectivity index (χ1) is 21.9. The summed E-state index contributed by atoms with van der Waals surface area (Å²) in [6.07, 6.45) is -18.0. The number of aliphatic hydroxyl groups excluding tert-OH is 5. The molecule has 47 heavy (non-hydrogen) atoms. The van der Waals surface area contributed by atoms with Gasteiger partial charge in [-0.3, -0.25) is 19.2 Å². The van der Waals surface area contributed by atoms with Crippen LogP contribution in [0.15, 0.2) is 0 Å². The van der Waals surface area contributed by atoms with Gasteiger partial charge in [0.15, 0.2) is 18.7 Å². The number of carboxylic acid groups (broad SMARTS) is 1. The lowest BCUT2D eigenvalue weighted by atomic mass is 9.87. The van der Waals surface area contributed by atoms with Crippen LogP contribution in [0.1, 0.15) is 41.0 Å². The Kier molecular flexibility index (Phi) is 13.0. The van der Waals surface area contributed by atoms with Gasteiger partial charge in [-0.25, -0.2) is 4.79 Å². The number of aliphatic carboxylic acids is 1. The van der Waals surface area contributed by atoms with Crippen LogP contribution in [0.2, 0.25) is 0 Å². The fraction of sp³-hybridized carbons (Fsp3) is 0.815. The van der Waals surface area contributed by atoms with Crippen LogP contribution in [-0.2, 0) is 52.4 Å². The molecule has 0 aromatic heterocycles. The van der Waals surface area contributed by atoms with Crippen LogP contribution < -0.4 is 16.0 Å². The third kappa shape index (κ3) is 8.90. The molecule has 15 atom stereocenters. The Morgan fingerprint density at radius 1 is 0.979 bits per heavy atom. The number of nitrogens with one attached hydrogen (secondary N) is 3. The number of hydrogen-bond donors (Lipinski definition) is 9. The zero-order valence-electron chi connectivity index (χ0n) is 26.2. The van der Waals surface area contributed by atoms with Crippen molar-refractivity contribution in [2.45, 2.75) is 132 Å². The van der Waals surface area contributed by atoms with E-state index in [4.69, 9.17) is 28.4 Å². The summed E-state index contributed by atoms with van der Waals surface area (Å²) in [4.78, 5) is 61.0. The van der Waals surface area contributed by atoms with Crippen LogP contribution in [0.25, 0.3) is 0 Å². The molecule has 0 aromatic carbocycles. The fourth-order valence-corrected chi connectivity index (χ4v) is 5.81. The molecule has 0 saturated carbocycles. The lowest BCUT2D eigenvalue weighted by Crippen LogP contribution is -2.72. The highest BCUT2D eigenvalue weighted by Gasteiger charge is 2.60. The normalized spacial score (nSPS) is 40.3. The van der Waals surface area contributed by atoms with Gasteiger partial charge in [0.2, 0.25) is 18.2 Å². The van der Waals surface area contributed by atoms with Gasteiger partial charge in [0.05, 0.1) is 37.0 Å². The Hall–Kier alpha value is -3.05. The standard InChI is InChI=1S/C27H43N3O17/c1-9(32)16(28-8-31)22-17(29-11(3)33)14(36)6-27(46-22,26(40)41)47-23-18(30-12(4)34)25(43-10(2)21(23)44-13(5)35)45-15-7-42-24(39)20(38)19(15)37/h8-10,14-25,32,36-39H,6-7H2,1-5H3,(H,28,31)(H,29,33)(H,30,34)(H,40,41)/t9-,10+,14-,15+,16-,17-,18+,19-,20+,21-,22-,23+,24+,25-,27+/m0/s1. The van der Waals surface area contributed by atoms with E-state index in [1.807, 2.05) is 0 Å². The highest BCUT2D eigenvalue weighted by molar-refractivity contribution is 5.77. The number of aliphatic hydroxyl groups is 5. The molecule has 0 aromatic rings. The number of carbonyl (C=O) groups excluding carboxylic acids is 4. The second-order valence-corrected chi connectivity index (χ2v) is 11.7. The van der Waals surface area contributed by atoms with Crippen molar-refractivity contribution < 1.29 is 83.0 Å². The first kappa shape index (κ1) is 38.4. The van der Waals surface area contributed by atoms with Crippen molar-refractivity contribution in [3.63, 3.8) is 0 Å². The van der Waals surface area contributed by atoms with Gasteiger partial charge in [-0.1, -0.05) is 0 Å². The van der Waals surface area contributed by atoms with E-state index < -0.39 is 128 Å². The van der Waals surface area contributed by atoms with Gasteiger partial charge in [-0.15, -0.1) is 0 Å². The average Bonchev–Trinajstić information content (AvgIpc) is 2.96. The van der Waals surface area contributed by atoms with Gasteiger partial charge in [0, 0.05) is 27.2 Å². The van der Waals surface area contributed by atoms with Crippen LogP contribution in [0.3, 0.4) is 0 Å².